The molecule has 6 nitrogen and oxygen atoms in total. The minimum Gasteiger partial charge on any atom is -0.502 e. The molecule has 0 aliphatic heterocycles. The molecule has 0 fully saturated rings. The lowest BCUT2D eigenvalue weighted by molar-refractivity contribution is 0.339. The molecular formula is C19H33N3O3. The first-order chi connectivity index (χ1) is 12.0. The van der Waals surface area contributed by atoms with Gasteiger partial charge in [-0.05, 0) is 38.0 Å². The number of aromatic hydroxyl groups is 1. The first-order valence-electron chi connectivity index (χ1n) is 9.04. The minimum atomic E-state index is 0.00677. The Labute approximate surface area is 151 Å². The van der Waals surface area contributed by atoms with Crippen LogP contribution in [0.3, 0.4) is 0 Å². The molecule has 1 rings (SSSR count). The van der Waals surface area contributed by atoms with Gasteiger partial charge in [0, 0.05) is 12.6 Å². The number of nitrogens with zero attached hydrogens (tertiary/aromatic N) is 1. The van der Waals surface area contributed by atoms with E-state index in [1.54, 1.807) is 12.1 Å². The fourth-order valence-corrected chi connectivity index (χ4v) is 2.54. The topological polar surface area (TPSA) is 75.1 Å². The largest absolute Gasteiger partial charge is 0.502 e. The molecule has 1 aromatic carbocycles. The molecule has 0 radical (unpaired) electrons. The lowest BCUT2D eigenvalue weighted by atomic mass is 10.1. The molecule has 0 amide bonds. The summed E-state index contributed by atoms with van der Waals surface area (Å²) in [6.07, 6.45) is 4.83. The van der Waals surface area contributed by atoms with Crippen molar-refractivity contribution in [3.63, 3.8) is 0 Å². The number of hydrogen-bond donors (Lipinski definition) is 3. The van der Waals surface area contributed by atoms with Crippen molar-refractivity contribution in [3.05, 3.63) is 17.7 Å². The summed E-state index contributed by atoms with van der Waals surface area (Å²) >= 11 is 0. The lowest BCUT2D eigenvalue weighted by Gasteiger charge is -2.18. The van der Waals surface area contributed by atoms with E-state index in [0.29, 0.717) is 24.1 Å². The van der Waals surface area contributed by atoms with Gasteiger partial charge in [0.1, 0.15) is 0 Å². The van der Waals surface area contributed by atoms with Gasteiger partial charge in [-0.25, -0.2) is 4.99 Å². The zero-order valence-electron chi connectivity index (χ0n) is 16.2. The third-order valence-electron chi connectivity index (χ3n) is 3.93. The number of phenols is 1. The molecule has 142 valence electrons. The van der Waals surface area contributed by atoms with Crippen LogP contribution in [0.2, 0.25) is 0 Å². The van der Waals surface area contributed by atoms with E-state index in [-0.39, 0.29) is 5.75 Å². The summed E-state index contributed by atoms with van der Waals surface area (Å²) in [5.74, 6) is 1.57. The number of methoxy groups -OCH3 is 2. The molecule has 1 atom stereocenters. The van der Waals surface area contributed by atoms with E-state index >= 15 is 0 Å². The highest BCUT2D eigenvalue weighted by molar-refractivity contribution is 5.80. The number of ether oxygens (including phenoxy) is 2. The molecule has 0 bridgehead atoms. The quantitative estimate of drug-likeness (QED) is 0.342. The molecule has 0 saturated carbocycles. The molecule has 0 aliphatic rings. The highest BCUT2D eigenvalue weighted by Gasteiger charge is 2.11. The van der Waals surface area contributed by atoms with E-state index in [1.807, 2.05) is 6.92 Å². The zero-order valence-corrected chi connectivity index (χ0v) is 16.2. The fraction of sp³-hybridized carbons (Fsp3) is 0.632. The van der Waals surface area contributed by atoms with Crippen LogP contribution in [0.25, 0.3) is 0 Å². The van der Waals surface area contributed by atoms with Crippen molar-refractivity contribution < 1.29 is 14.6 Å². The summed E-state index contributed by atoms with van der Waals surface area (Å²) in [6.45, 7) is 7.70. The summed E-state index contributed by atoms with van der Waals surface area (Å²) in [5.41, 5.74) is 0.905. The summed E-state index contributed by atoms with van der Waals surface area (Å²) in [7, 11) is 3.04. The number of nitrogens with one attached hydrogen (secondary N) is 2. The van der Waals surface area contributed by atoms with Gasteiger partial charge < -0.3 is 25.2 Å². The van der Waals surface area contributed by atoms with Gasteiger partial charge in [-0.2, -0.15) is 0 Å². The van der Waals surface area contributed by atoms with E-state index in [1.165, 1.54) is 33.5 Å². The maximum atomic E-state index is 9.99. The average molecular weight is 351 g/mol. The number of aliphatic imine (C=N–C) groups is 1. The molecule has 25 heavy (non-hydrogen) atoms. The molecule has 1 unspecified atom stereocenters. The van der Waals surface area contributed by atoms with Crippen LogP contribution in [0, 0.1) is 0 Å². The monoisotopic (exact) mass is 351 g/mol. The van der Waals surface area contributed by atoms with Gasteiger partial charge in [-0.1, -0.05) is 26.2 Å². The van der Waals surface area contributed by atoms with Crippen LogP contribution in [0.5, 0.6) is 17.2 Å². The number of rotatable bonds is 10. The van der Waals surface area contributed by atoms with Crippen LogP contribution in [-0.4, -0.2) is 37.9 Å². The molecule has 1 aromatic rings. The maximum absolute atomic E-state index is 9.99. The Hall–Kier alpha value is -2.11. The fourth-order valence-electron chi connectivity index (χ4n) is 2.54. The van der Waals surface area contributed by atoms with Crippen LogP contribution in [0.4, 0.5) is 0 Å². The molecule has 0 aromatic heterocycles. The Morgan fingerprint density at radius 2 is 1.80 bits per heavy atom. The highest BCUT2D eigenvalue weighted by Crippen LogP contribution is 2.37. The van der Waals surface area contributed by atoms with Gasteiger partial charge in [-0.3, -0.25) is 0 Å². The second-order valence-electron chi connectivity index (χ2n) is 6.09. The normalized spacial score (nSPS) is 12.6. The first-order valence-corrected chi connectivity index (χ1v) is 9.04. The van der Waals surface area contributed by atoms with E-state index in [2.05, 4.69) is 29.5 Å². The second-order valence-corrected chi connectivity index (χ2v) is 6.09. The third kappa shape index (κ3) is 7.11. The summed E-state index contributed by atoms with van der Waals surface area (Å²) in [6, 6.07) is 3.92. The SMILES string of the molecule is CCCCCC(C)NC(=NCc1cc(OC)c(O)c(OC)c1)NCC. The van der Waals surface area contributed by atoms with Crippen molar-refractivity contribution in [2.75, 3.05) is 20.8 Å². The molecule has 3 N–H and O–H groups in total. The van der Waals surface area contributed by atoms with Crippen molar-refractivity contribution >= 4 is 5.96 Å². The van der Waals surface area contributed by atoms with Crippen LogP contribution >= 0.6 is 0 Å². The summed E-state index contributed by atoms with van der Waals surface area (Å²) in [4.78, 5) is 4.63. The standard InChI is InChI=1S/C19H33N3O3/c1-6-8-9-10-14(3)22-19(20-7-2)21-13-15-11-16(24-4)18(23)17(12-15)25-5/h11-12,14,23H,6-10,13H2,1-5H3,(H2,20,21,22). The Kier molecular flexibility index (Phi) is 9.58. The zero-order chi connectivity index (χ0) is 18.7. The first kappa shape index (κ1) is 20.9. The predicted molar refractivity (Wildman–Crippen MR) is 103 cm³/mol. The number of benzene rings is 1. The van der Waals surface area contributed by atoms with Crippen molar-refractivity contribution in [1.29, 1.82) is 0 Å². The van der Waals surface area contributed by atoms with E-state index < -0.39 is 0 Å². The van der Waals surface area contributed by atoms with Crippen LogP contribution < -0.4 is 20.1 Å². The Morgan fingerprint density at radius 3 is 2.32 bits per heavy atom. The molecule has 0 saturated heterocycles. The Morgan fingerprint density at radius 1 is 1.16 bits per heavy atom. The number of hydrogen-bond acceptors (Lipinski definition) is 4. The maximum Gasteiger partial charge on any atom is 0.200 e. The smallest absolute Gasteiger partial charge is 0.200 e. The second kappa shape index (κ2) is 11.4. The van der Waals surface area contributed by atoms with Crippen LogP contribution in [0.1, 0.15) is 52.0 Å². The Bertz CT molecular complexity index is 522. The molecule has 0 spiro atoms. The lowest BCUT2D eigenvalue weighted by Crippen LogP contribution is -2.42. The van der Waals surface area contributed by atoms with Crippen molar-refractivity contribution in [3.8, 4) is 17.2 Å². The Balaban J connectivity index is 2.79. The number of unbranched alkanes of at least 4 members (excludes halogenated alkanes) is 2. The van der Waals surface area contributed by atoms with Gasteiger partial charge in [0.2, 0.25) is 5.75 Å². The van der Waals surface area contributed by atoms with Gasteiger partial charge in [-0.15, -0.1) is 0 Å². The van der Waals surface area contributed by atoms with E-state index in [4.69, 9.17) is 9.47 Å². The molecule has 6 heteroatoms. The van der Waals surface area contributed by atoms with Crippen molar-refractivity contribution in [1.82, 2.24) is 10.6 Å². The molecule has 0 heterocycles. The molecular weight excluding hydrogens is 318 g/mol. The molecule has 0 aliphatic carbocycles. The van der Waals surface area contributed by atoms with Crippen LogP contribution in [0.15, 0.2) is 17.1 Å². The number of guanidine groups is 1. The van der Waals surface area contributed by atoms with Gasteiger partial charge in [0.05, 0.1) is 20.8 Å². The summed E-state index contributed by atoms with van der Waals surface area (Å²) < 4.78 is 10.4. The van der Waals surface area contributed by atoms with Gasteiger partial charge >= 0.3 is 0 Å². The van der Waals surface area contributed by atoms with E-state index in [0.717, 1.165) is 24.5 Å². The van der Waals surface area contributed by atoms with Crippen LogP contribution in [-0.2, 0) is 6.54 Å². The van der Waals surface area contributed by atoms with Crippen molar-refractivity contribution in [2.24, 2.45) is 4.99 Å². The average Bonchev–Trinajstić information content (AvgIpc) is 2.61. The van der Waals surface area contributed by atoms with Crippen molar-refractivity contribution in [2.45, 2.75) is 59.0 Å². The van der Waals surface area contributed by atoms with Gasteiger partial charge in [0.15, 0.2) is 17.5 Å². The third-order valence-corrected chi connectivity index (χ3v) is 3.93. The highest BCUT2D eigenvalue weighted by atomic mass is 16.5. The summed E-state index contributed by atoms with van der Waals surface area (Å²) in [5, 5.41) is 16.7. The number of phenolic OH excluding ortho intramolecular Hbond substituents is 1. The minimum absolute atomic E-state index is 0.00677. The van der Waals surface area contributed by atoms with E-state index in [9.17, 15) is 5.11 Å². The van der Waals surface area contributed by atoms with Gasteiger partial charge in [0.25, 0.3) is 0 Å². The predicted octanol–water partition coefficient (Wildman–Crippen LogP) is 3.43.